The average Bonchev–Trinajstić information content (AvgIpc) is 3.31. The van der Waals surface area contributed by atoms with E-state index in [1.807, 2.05) is 12.1 Å². The quantitative estimate of drug-likeness (QED) is 0.846. The number of benzene rings is 2. The van der Waals surface area contributed by atoms with E-state index >= 15 is 0 Å². The fraction of sp³-hybridized carbons (Fsp3) is 0.350. The number of anilines is 1. The van der Waals surface area contributed by atoms with Crippen LogP contribution in [-0.4, -0.2) is 31.2 Å². The maximum atomic E-state index is 13.0. The number of nitrogens with one attached hydrogen (secondary N) is 1. The van der Waals surface area contributed by atoms with Crippen molar-refractivity contribution in [3.63, 3.8) is 0 Å². The van der Waals surface area contributed by atoms with Gasteiger partial charge in [0.25, 0.3) is 0 Å². The number of rotatable bonds is 4. The first-order valence-electron chi connectivity index (χ1n) is 9.15. The van der Waals surface area contributed by atoms with Crippen molar-refractivity contribution in [2.24, 2.45) is 0 Å². The molecule has 0 unspecified atom stereocenters. The maximum absolute atomic E-state index is 13.0. The lowest BCUT2D eigenvalue weighted by Crippen LogP contribution is -2.43. The normalized spacial score (nSPS) is 19.8. The van der Waals surface area contributed by atoms with Crippen molar-refractivity contribution in [1.29, 1.82) is 0 Å². The van der Waals surface area contributed by atoms with Gasteiger partial charge in [-0.3, -0.25) is 4.79 Å². The van der Waals surface area contributed by atoms with Gasteiger partial charge in [0.1, 0.15) is 6.04 Å². The number of hydrogen-bond donors (Lipinski definition) is 1. The van der Waals surface area contributed by atoms with E-state index < -0.39 is 16.1 Å². The summed E-state index contributed by atoms with van der Waals surface area (Å²) in [6.45, 7) is 0.341. The molecule has 0 spiro atoms. The monoisotopic (exact) mass is 404 g/mol. The van der Waals surface area contributed by atoms with Gasteiger partial charge < -0.3 is 5.32 Å². The molecule has 7 heteroatoms. The van der Waals surface area contributed by atoms with E-state index in [1.165, 1.54) is 27.6 Å². The molecule has 2 aromatic rings. The molecule has 1 saturated heterocycles. The van der Waals surface area contributed by atoms with Gasteiger partial charge in [0, 0.05) is 17.3 Å². The number of nitrogens with zero attached hydrogens (tertiary/aromatic N) is 1. The third kappa shape index (κ3) is 3.61. The molecule has 0 radical (unpaired) electrons. The van der Waals surface area contributed by atoms with Crippen molar-refractivity contribution in [2.45, 2.75) is 43.0 Å². The Balaban J connectivity index is 1.54. The van der Waals surface area contributed by atoms with Gasteiger partial charge in [-0.2, -0.15) is 4.31 Å². The molecule has 5 nitrogen and oxygen atoms in total. The molecule has 1 fully saturated rings. The van der Waals surface area contributed by atoms with Gasteiger partial charge in [-0.25, -0.2) is 8.42 Å². The van der Waals surface area contributed by atoms with Gasteiger partial charge in [0.2, 0.25) is 15.9 Å². The Hall–Kier alpha value is -1.89. The molecular formula is C20H21ClN2O3S. The van der Waals surface area contributed by atoms with E-state index in [1.54, 1.807) is 12.1 Å². The third-order valence-electron chi connectivity index (χ3n) is 5.29. The lowest BCUT2D eigenvalue weighted by atomic mass is 10.1. The SMILES string of the molecule is O=C(Nc1ccc2c(c1)CCC2)[C@@H]1CCCN1S(=O)(=O)c1ccc(Cl)cc1. The van der Waals surface area contributed by atoms with Gasteiger partial charge in [0.15, 0.2) is 0 Å². The van der Waals surface area contributed by atoms with Crippen molar-refractivity contribution in [2.75, 3.05) is 11.9 Å². The van der Waals surface area contributed by atoms with Gasteiger partial charge >= 0.3 is 0 Å². The van der Waals surface area contributed by atoms with Crippen molar-refractivity contribution < 1.29 is 13.2 Å². The van der Waals surface area contributed by atoms with Gasteiger partial charge in [0.05, 0.1) is 4.90 Å². The average molecular weight is 405 g/mol. The summed E-state index contributed by atoms with van der Waals surface area (Å²) in [7, 11) is -3.74. The van der Waals surface area contributed by atoms with E-state index in [0.717, 1.165) is 24.9 Å². The Morgan fingerprint density at radius 3 is 2.56 bits per heavy atom. The molecule has 0 aromatic heterocycles. The van der Waals surface area contributed by atoms with Crippen LogP contribution < -0.4 is 5.32 Å². The molecule has 2 aliphatic rings. The third-order valence-corrected chi connectivity index (χ3v) is 7.47. The standard InChI is InChI=1S/C20H21ClN2O3S/c21-16-7-10-18(11-8-16)27(25,26)23-12-2-5-19(23)20(24)22-17-9-6-14-3-1-4-15(14)13-17/h6-11,13,19H,1-5,12H2,(H,22,24)/t19-/m0/s1. The van der Waals surface area contributed by atoms with Crippen LogP contribution >= 0.6 is 11.6 Å². The largest absolute Gasteiger partial charge is 0.325 e. The van der Waals surface area contributed by atoms with E-state index in [9.17, 15) is 13.2 Å². The summed E-state index contributed by atoms with van der Waals surface area (Å²) in [4.78, 5) is 13.0. The molecule has 2 aromatic carbocycles. The summed E-state index contributed by atoms with van der Waals surface area (Å²) < 4.78 is 27.2. The molecule has 1 N–H and O–H groups in total. The predicted octanol–water partition coefficient (Wildman–Crippen LogP) is 3.62. The second-order valence-electron chi connectivity index (χ2n) is 7.05. The zero-order valence-corrected chi connectivity index (χ0v) is 16.4. The Bertz CT molecular complexity index is 973. The van der Waals surface area contributed by atoms with E-state index in [2.05, 4.69) is 11.4 Å². The minimum Gasteiger partial charge on any atom is -0.325 e. The number of hydrogen-bond acceptors (Lipinski definition) is 3. The Morgan fingerprint density at radius 2 is 1.78 bits per heavy atom. The van der Waals surface area contributed by atoms with Crippen LogP contribution in [0.3, 0.4) is 0 Å². The van der Waals surface area contributed by atoms with Crippen molar-refractivity contribution in [3.05, 3.63) is 58.6 Å². The molecule has 1 aliphatic carbocycles. The van der Waals surface area contributed by atoms with Gasteiger partial charge in [-0.1, -0.05) is 17.7 Å². The first-order chi connectivity index (χ1) is 12.9. The van der Waals surface area contributed by atoms with Crippen molar-refractivity contribution >= 4 is 33.2 Å². The highest BCUT2D eigenvalue weighted by molar-refractivity contribution is 7.89. The Kier molecular flexibility index (Phi) is 4.97. The summed E-state index contributed by atoms with van der Waals surface area (Å²) in [5.41, 5.74) is 3.34. The molecule has 0 bridgehead atoms. The van der Waals surface area contributed by atoms with Crippen molar-refractivity contribution in [1.82, 2.24) is 4.31 Å². The van der Waals surface area contributed by atoms with Crippen LogP contribution in [0.1, 0.15) is 30.4 Å². The molecule has 142 valence electrons. The summed E-state index contributed by atoms with van der Waals surface area (Å²) in [5, 5.41) is 3.38. The minimum atomic E-state index is -3.74. The summed E-state index contributed by atoms with van der Waals surface area (Å²) >= 11 is 5.86. The molecule has 0 saturated carbocycles. The van der Waals surface area contributed by atoms with Crippen LogP contribution in [-0.2, 0) is 27.7 Å². The number of halogens is 1. The maximum Gasteiger partial charge on any atom is 0.243 e. The second kappa shape index (κ2) is 7.26. The highest BCUT2D eigenvalue weighted by Crippen LogP contribution is 2.29. The summed E-state index contributed by atoms with van der Waals surface area (Å²) in [6, 6.07) is 11.3. The number of amides is 1. The highest BCUT2D eigenvalue weighted by atomic mass is 35.5. The van der Waals surface area contributed by atoms with E-state index in [4.69, 9.17) is 11.6 Å². The number of carbonyl (C=O) groups excluding carboxylic acids is 1. The van der Waals surface area contributed by atoms with Gasteiger partial charge in [-0.05, 0) is 79.6 Å². The number of aryl methyl sites for hydroxylation is 2. The molecule has 1 amide bonds. The van der Waals surface area contributed by atoms with Crippen LogP contribution in [0.2, 0.25) is 5.02 Å². The molecule has 4 rings (SSSR count). The van der Waals surface area contributed by atoms with E-state index in [-0.39, 0.29) is 10.8 Å². The fourth-order valence-corrected chi connectivity index (χ4v) is 5.69. The highest BCUT2D eigenvalue weighted by Gasteiger charge is 2.39. The molecule has 1 atom stereocenters. The van der Waals surface area contributed by atoms with Gasteiger partial charge in [-0.15, -0.1) is 0 Å². The van der Waals surface area contributed by atoms with Crippen LogP contribution in [0.15, 0.2) is 47.4 Å². The number of fused-ring (bicyclic) bond motifs is 1. The van der Waals surface area contributed by atoms with Crippen LogP contribution in [0.5, 0.6) is 0 Å². The second-order valence-corrected chi connectivity index (χ2v) is 9.38. The summed E-state index contributed by atoms with van der Waals surface area (Å²) in [5.74, 6) is -0.275. The first kappa shape index (κ1) is 18.5. The van der Waals surface area contributed by atoms with Crippen molar-refractivity contribution in [3.8, 4) is 0 Å². The zero-order chi connectivity index (χ0) is 19.0. The summed E-state index contributed by atoms with van der Waals surface area (Å²) in [6.07, 6.45) is 4.43. The number of sulfonamides is 1. The topological polar surface area (TPSA) is 66.5 Å². The molecule has 1 heterocycles. The number of carbonyl (C=O) groups is 1. The zero-order valence-electron chi connectivity index (χ0n) is 14.8. The minimum absolute atomic E-state index is 0.157. The molecule has 1 aliphatic heterocycles. The van der Waals surface area contributed by atoms with Crippen LogP contribution in [0.25, 0.3) is 0 Å². The first-order valence-corrected chi connectivity index (χ1v) is 11.0. The Morgan fingerprint density at radius 1 is 1.04 bits per heavy atom. The van der Waals surface area contributed by atoms with E-state index in [0.29, 0.717) is 24.4 Å². The predicted molar refractivity (Wildman–Crippen MR) is 105 cm³/mol. The van der Waals surface area contributed by atoms with Crippen LogP contribution in [0, 0.1) is 0 Å². The lowest BCUT2D eigenvalue weighted by Gasteiger charge is -2.23. The van der Waals surface area contributed by atoms with Crippen LogP contribution in [0.4, 0.5) is 5.69 Å². The Labute approximate surface area is 164 Å². The smallest absolute Gasteiger partial charge is 0.243 e. The molecule has 27 heavy (non-hydrogen) atoms. The molecular weight excluding hydrogens is 384 g/mol. The lowest BCUT2D eigenvalue weighted by molar-refractivity contribution is -0.119. The fourth-order valence-electron chi connectivity index (χ4n) is 3.91.